The first-order valence-corrected chi connectivity index (χ1v) is 13.2. The Morgan fingerprint density at radius 2 is 1.94 bits per heavy atom. The number of rotatable bonds is 4. The zero-order valence-electron chi connectivity index (χ0n) is 21.5. The lowest BCUT2D eigenvalue weighted by molar-refractivity contribution is -0.137. The topological polar surface area (TPSA) is 68.2 Å². The van der Waals surface area contributed by atoms with E-state index in [1.165, 1.54) is 11.1 Å². The number of hydrogen-bond donors (Lipinski definition) is 0. The van der Waals surface area contributed by atoms with Crippen molar-refractivity contribution in [3.05, 3.63) is 59.2 Å². The first kappa shape index (κ1) is 23.3. The highest BCUT2D eigenvalue weighted by Gasteiger charge is 2.68. The van der Waals surface area contributed by atoms with Gasteiger partial charge in [0.05, 0.1) is 31.4 Å². The minimum Gasteiger partial charge on any atom is -0.497 e. The van der Waals surface area contributed by atoms with E-state index < -0.39 is 17.3 Å². The summed E-state index contributed by atoms with van der Waals surface area (Å²) in [5.74, 6) is 0.924. The molecule has 0 N–H and O–H groups in total. The Labute approximate surface area is 212 Å². The summed E-state index contributed by atoms with van der Waals surface area (Å²) < 4.78 is 10.9. The van der Waals surface area contributed by atoms with E-state index in [0.29, 0.717) is 11.8 Å². The summed E-state index contributed by atoms with van der Waals surface area (Å²) in [7, 11) is 1.71. The van der Waals surface area contributed by atoms with Crippen molar-refractivity contribution in [2.75, 3.05) is 18.7 Å². The minimum absolute atomic E-state index is 0.112. The summed E-state index contributed by atoms with van der Waals surface area (Å²) in [4.78, 5) is 27.2. The van der Waals surface area contributed by atoms with E-state index in [2.05, 4.69) is 44.2 Å². The third-order valence-electron chi connectivity index (χ3n) is 9.32. The summed E-state index contributed by atoms with van der Waals surface area (Å²) in [6.45, 7) is 6.26. The Hall–Kier alpha value is -3.15. The molecule has 0 aromatic heterocycles. The van der Waals surface area contributed by atoms with Crippen LogP contribution in [0.4, 0.5) is 5.69 Å². The Bertz CT molecular complexity index is 1250. The van der Waals surface area contributed by atoms with Crippen LogP contribution < -0.4 is 9.75 Å². The predicted molar refractivity (Wildman–Crippen MR) is 138 cm³/mol. The lowest BCUT2D eigenvalue weighted by Crippen LogP contribution is -2.48. The average Bonchev–Trinajstić information content (AvgIpc) is 3.37. The van der Waals surface area contributed by atoms with Gasteiger partial charge < -0.3 is 9.47 Å². The van der Waals surface area contributed by atoms with Crippen molar-refractivity contribution < 1.29 is 19.1 Å². The lowest BCUT2D eigenvalue weighted by atomic mass is 9.55. The van der Waals surface area contributed by atoms with Crippen LogP contribution in [0.15, 0.2) is 47.6 Å². The second-order valence-corrected chi connectivity index (χ2v) is 11.1. The highest BCUT2D eigenvalue weighted by molar-refractivity contribution is 6.43. The van der Waals surface area contributed by atoms with Crippen molar-refractivity contribution in [3.63, 3.8) is 0 Å². The van der Waals surface area contributed by atoms with Gasteiger partial charge in [0.15, 0.2) is 11.5 Å². The molecule has 0 radical (unpaired) electrons. The summed E-state index contributed by atoms with van der Waals surface area (Å²) in [6, 6.07) is 14.5. The number of hydrogen-bond acceptors (Lipinski definition) is 6. The second kappa shape index (κ2) is 8.46. The van der Waals surface area contributed by atoms with Crippen molar-refractivity contribution in [1.29, 1.82) is 0 Å². The molecule has 36 heavy (non-hydrogen) atoms. The first-order chi connectivity index (χ1) is 17.4. The number of fused-ring (bicyclic) bond motifs is 7. The number of nitrogens with zero attached hydrogens (tertiary/aromatic N) is 2. The van der Waals surface area contributed by atoms with Crippen LogP contribution >= 0.6 is 0 Å². The van der Waals surface area contributed by atoms with Gasteiger partial charge in [0.1, 0.15) is 5.75 Å². The van der Waals surface area contributed by atoms with Crippen LogP contribution in [0, 0.1) is 30.1 Å². The van der Waals surface area contributed by atoms with Crippen LogP contribution in [-0.2, 0) is 20.7 Å². The van der Waals surface area contributed by atoms with E-state index in [1.54, 1.807) is 14.0 Å². The fourth-order valence-corrected chi connectivity index (χ4v) is 7.69. The van der Waals surface area contributed by atoms with Crippen molar-refractivity contribution in [3.8, 4) is 5.75 Å². The Balaban J connectivity index is 1.45. The molecule has 6 rings (SSSR count). The Morgan fingerprint density at radius 1 is 1.17 bits per heavy atom. The number of carbonyl (C=O) groups is 2. The standard InChI is InChI=1S/C30H34N2O4/c1-5-36-29(34)26-24-27(32(31-26)19-9-6-17(2)7-10-19)25-23-12-8-18-16-20(35-4)11-13-21(18)22(23)14-15-30(25,3)28(24)33/h6-7,9-11,13,16,22-25,27H,5,8,12,14-15H2,1-4H3/t22-,23-,24-,25-,27+,30+/m1/s1. The molecule has 6 nitrogen and oxygen atoms in total. The van der Waals surface area contributed by atoms with Gasteiger partial charge in [-0.1, -0.05) is 30.7 Å². The normalized spacial score (nSPS) is 32.2. The fraction of sp³-hybridized carbons (Fsp3) is 0.500. The maximum atomic E-state index is 14.2. The molecule has 1 heterocycles. The molecule has 2 aromatic rings. The molecule has 0 bridgehead atoms. The van der Waals surface area contributed by atoms with Gasteiger partial charge in [-0.15, -0.1) is 0 Å². The number of hydrazone groups is 1. The molecule has 2 fully saturated rings. The molecule has 1 aliphatic heterocycles. The predicted octanol–water partition coefficient (Wildman–Crippen LogP) is 5.07. The minimum atomic E-state index is -0.545. The van der Waals surface area contributed by atoms with Crippen LogP contribution in [0.2, 0.25) is 0 Å². The van der Waals surface area contributed by atoms with Gasteiger partial charge in [0, 0.05) is 5.41 Å². The molecule has 0 spiro atoms. The monoisotopic (exact) mass is 486 g/mol. The summed E-state index contributed by atoms with van der Waals surface area (Å²) in [6.07, 6.45) is 3.81. The number of ether oxygens (including phenoxy) is 2. The number of esters is 1. The zero-order chi connectivity index (χ0) is 25.2. The summed E-state index contributed by atoms with van der Waals surface area (Å²) in [5.41, 5.74) is 4.66. The molecular formula is C30H34N2O4. The van der Waals surface area contributed by atoms with E-state index in [1.807, 2.05) is 17.1 Å². The van der Waals surface area contributed by atoms with Crippen LogP contribution in [0.3, 0.4) is 0 Å². The molecule has 2 aromatic carbocycles. The van der Waals surface area contributed by atoms with E-state index in [4.69, 9.17) is 14.6 Å². The highest BCUT2D eigenvalue weighted by Crippen LogP contribution is 2.63. The molecule has 0 amide bonds. The average molecular weight is 487 g/mol. The second-order valence-electron chi connectivity index (χ2n) is 11.1. The number of benzene rings is 2. The van der Waals surface area contributed by atoms with Gasteiger partial charge in [-0.3, -0.25) is 9.80 Å². The van der Waals surface area contributed by atoms with Crippen molar-refractivity contribution in [2.24, 2.45) is 28.3 Å². The molecule has 0 unspecified atom stereocenters. The molecule has 2 saturated carbocycles. The van der Waals surface area contributed by atoms with Gasteiger partial charge in [0.25, 0.3) is 0 Å². The van der Waals surface area contributed by atoms with E-state index in [-0.39, 0.29) is 30.1 Å². The Morgan fingerprint density at radius 3 is 2.67 bits per heavy atom. The molecule has 188 valence electrons. The number of methoxy groups -OCH3 is 1. The number of carbonyl (C=O) groups excluding carboxylic acids is 2. The SMILES string of the molecule is CCOC(=O)C1=NN(c2ccc(C)cc2)[C@H]2[C@@H]1C(=O)[C@@]1(C)CC[C@@H]3c4ccc(OC)cc4CC[C@H]3[C@H]21. The lowest BCUT2D eigenvalue weighted by Gasteiger charge is -2.50. The van der Waals surface area contributed by atoms with E-state index in [9.17, 15) is 9.59 Å². The Kier molecular flexibility index (Phi) is 5.47. The number of aryl methyl sites for hydroxylation is 2. The van der Waals surface area contributed by atoms with E-state index >= 15 is 0 Å². The number of Topliss-reactive ketones (excluding diaryl/α,β-unsaturated/α-hetero) is 1. The van der Waals surface area contributed by atoms with Crippen LogP contribution in [-0.4, -0.2) is 37.2 Å². The zero-order valence-corrected chi connectivity index (χ0v) is 21.5. The summed E-state index contributed by atoms with van der Waals surface area (Å²) in [5, 5.41) is 6.79. The number of anilines is 1. The van der Waals surface area contributed by atoms with Gasteiger partial charge in [-0.2, -0.15) is 5.10 Å². The molecule has 6 heteroatoms. The maximum absolute atomic E-state index is 14.2. The van der Waals surface area contributed by atoms with Gasteiger partial charge >= 0.3 is 5.97 Å². The molecule has 6 atom stereocenters. The summed E-state index contributed by atoms with van der Waals surface area (Å²) >= 11 is 0. The van der Waals surface area contributed by atoms with Gasteiger partial charge in [0.2, 0.25) is 0 Å². The molecule has 3 aliphatic carbocycles. The number of ketones is 1. The van der Waals surface area contributed by atoms with Crippen LogP contribution in [0.5, 0.6) is 5.75 Å². The third-order valence-corrected chi connectivity index (χ3v) is 9.32. The molecular weight excluding hydrogens is 452 g/mol. The first-order valence-electron chi connectivity index (χ1n) is 13.2. The van der Waals surface area contributed by atoms with Gasteiger partial charge in [-0.05, 0) is 92.7 Å². The highest BCUT2D eigenvalue weighted by atomic mass is 16.5. The molecule has 4 aliphatic rings. The maximum Gasteiger partial charge on any atom is 0.355 e. The van der Waals surface area contributed by atoms with Crippen LogP contribution in [0.25, 0.3) is 0 Å². The molecule has 0 saturated heterocycles. The van der Waals surface area contributed by atoms with Crippen molar-refractivity contribution in [2.45, 2.75) is 58.4 Å². The van der Waals surface area contributed by atoms with Crippen molar-refractivity contribution >= 4 is 23.2 Å². The van der Waals surface area contributed by atoms with Crippen LogP contribution in [0.1, 0.15) is 55.7 Å². The van der Waals surface area contributed by atoms with Crippen molar-refractivity contribution in [1.82, 2.24) is 0 Å². The largest absolute Gasteiger partial charge is 0.497 e. The fourth-order valence-electron chi connectivity index (χ4n) is 7.69. The quantitative estimate of drug-likeness (QED) is 0.564. The van der Waals surface area contributed by atoms with E-state index in [0.717, 1.165) is 42.7 Å². The van der Waals surface area contributed by atoms with Gasteiger partial charge in [-0.25, -0.2) is 4.79 Å². The smallest absolute Gasteiger partial charge is 0.355 e. The third kappa shape index (κ3) is 3.26.